The number of anilines is 1. The molecule has 0 aromatic heterocycles. The van der Waals surface area contributed by atoms with E-state index in [-0.39, 0.29) is 50.3 Å². The van der Waals surface area contributed by atoms with E-state index < -0.39 is 47.7 Å². The van der Waals surface area contributed by atoms with Gasteiger partial charge in [0.15, 0.2) is 0 Å². The molecule has 0 radical (unpaired) electrons. The van der Waals surface area contributed by atoms with Crippen molar-refractivity contribution in [3.05, 3.63) is 90.5 Å². The van der Waals surface area contributed by atoms with Crippen LogP contribution in [-0.2, 0) is 28.7 Å². The van der Waals surface area contributed by atoms with Gasteiger partial charge in [0, 0.05) is 31.8 Å². The number of aryl methyl sites for hydroxylation is 2. The second kappa shape index (κ2) is 14.9. The number of fused-ring (bicyclic) bond motifs is 1. The van der Waals surface area contributed by atoms with E-state index in [1.807, 2.05) is 62.4 Å². The number of likely N-dealkylation sites (tertiary alicyclic amines) is 1. The topological polar surface area (TPSA) is 125 Å². The summed E-state index contributed by atoms with van der Waals surface area (Å²) in [6.45, 7) is 13.4. The smallest absolute Gasteiger partial charge is 0.313 e. The number of carbonyl (C=O) groups is 4. The van der Waals surface area contributed by atoms with E-state index in [4.69, 9.17) is 9.47 Å². The van der Waals surface area contributed by atoms with Crippen molar-refractivity contribution >= 4 is 29.4 Å². The van der Waals surface area contributed by atoms with Gasteiger partial charge < -0.3 is 29.7 Å². The standard InChI is InChI=1S/C38H47N3O7/c1-6-8-15-30(43)39-26(5)33(27-13-10-9-11-14-27)47-37(46)31-29-18-19-38(48-29)32(31)35(44)41(21-12-22-42)34(38)36(45)40(20-7-2)28-23-24(3)16-17-25(28)4/h6-7,9-11,13-14,16-17,23,26,29,31-34,42H,1-2,8,12,15,18-22H2,3-5H3,(H,39,43)/t26-,29-,31+,32+,33-,34-,38+/m0/s1. The zero-order chi connectivity index (χ0) is 34.6. The van der Waals surface area contributed by atoms with Gasteiger partial charge in [0.2, 0.25) is 11.8 Å². The zero-order valence-electron chi connectivity index (χ0n) is 28.1. The van der Waals surface area contributed by atoms with Crippen LogP contribution in [0, 0.1) is 25.7 Å². The number of allylic oxidation sites excluding steroid dienone is 1. The molecule has 2 aromatic rings. The normalized spacial score (nSPS) is 25.2. The van der Waals surface area contributed by atoms with Crippen molar-refractivity contribution in [3.63, 3.8) is 0 Å². The highest BCUT2D eigenvalue weighted by molar-refractivity contribution is 6.05. The molecule has 2 N–H and O–H groups in total. The molecule has 7 atom stereocenters. The lowest BCUT2D eigenvalue weighted by molar-refractivity contribution is -0.162. The molecule has 0 saturated carbocycles. The van der Waals surface area contributed by atoms with Crippen LogP contribution in [0.15, 0.2) is 73.8 Å². The van der Waals surface area contributed by atoms with E-state index in [1.54, 1.807) is 24.0 Å². The molecule has 5 rings (SSSR count). The molecule has 3 heterocycles. The maximum Gasteiger partial charge on any atom is 0.313 e. The number of hydrogen-bond acceptors (Lipinski definition) is 7. The molecule has 3 amide bonds. The van der Waals surface area contributed by atoms with Crippen LogP contribution in [0.5, 0.6) is 0 Å². The van der Waals surface area contributed by atoms with Crippen molar-refractivity contribution in [3.8, 4) is 0 Å². The number of hydrogen-bond donors (Lipinski definition) is 2. The number of amides is 3. The summed E-state index contributed by atoms with van der Waals surface area (Å²) >= 11 is 0. The van der Waals surface area contributed by atoms with Crippen molar-refractivity contribution in [2.24, 2.45) is 11.8 Å². The quantitative estimate of drug-likeness (QED) is 0.216. The molecule has 3 fully saturated rings. The number of aliphatic hydroxyl groups excluding tert-OH is 1. The molecule has 0 aliphatic carbocycles. The van der Waals surface area contributed by atoms with E-state index >= 15 is 0 Å². The van der Waals surface area contributed by atoms with Crippen LogP contribution in [-0.4, -0.2) is 77.2 Å². The van der Waals surface area contributed by atoms with Crippen molar-refractivity contribution in [1.82, 2.24) is 10.2 Å². The number of aliphatic hydroxyl groups is 1. The molecule has 48 heavy (non-hydrogen) atoms. The molecule has 2 bridgehead atoms. The molecular weight excluding hydrogens is 610 g/mol. The predicted octanol–water partition coefficient (Wildman–Crippen LogP) is 4.33. The van der Waals surface area contributed by atoms with Gasteiger partial charge in [-0.25, -0.2) is 0 Å². The summed E-state index contributed by atoms with van der Waals surface area (Å²) in [4.78, 5) is 59.1. The minimum Gasteiger partial charge on any atom is -0.455 e. The fraction of sp³-hybridized carbons (Fsp3) is 0.474. The summed E-state index contributed by atoms with van der Waals surface area (Å²) in [7, 11) is 0. The number of carbonyl (C=O) groups excluding carboxylic acids is 4. The van der Waals surface area contributed by atoms with Crippen LogP contribution < -0.4 is 10.2 Å². The Bertz CT molecular complexity index is 1540. The molecule has 3 saturated heterocycles. The molecule has 0 unspecified atom stereocenters. The average molecular weight is 658 g/mol. The largest absolute Gasteiger partial charge is 0.455 e. The minimum atomic E-state index is -1.23. The van der Waals surface area contributed by atoms with Crippen molar-refractivity contribution in [2.45, 2.75) is 82.8 Å². The van der Waals surface area contributed by atoms with E-state index in [9.17, 15) is 24.3 Å². The lowest BCUT2D eigenvalue weighted by Crippen LogP contribution is -2.56. The van der Waals surface area contributed by atoms with Crippen molar-refractivity contribution in [1.29, 1.82) is 0 Å². The van der Waals surface area contributed by atoms with Gasteiger partial charge in [-0.05, 0) is 69.2 Å². The second-order valence-corrected chi connectivity index (χ2v) is 13.1. The maximum absolute atomic E-state index is 14.7. The van der Waals surface area contributed by atoms with Gasteiger partial charge >= 0.3 is 5.97 Å². The lowest BCUT2D eigenvalue weighted by atomic mass is 9.70. The van der Waals surface area contributed by atoms with E-state index in [2.05, 4.69) is 18.5 Å². The third-order valence-corrected chi connectivity index (χ3v) is 9.89. The Morgan fingerprint density at radius 1 is 1.17 bits per heavy atom. The molecule has 256 valence electrons. The molecule has 10 heteroatoms. The summed E-state index contributed by atoms with van der Waals surface area (Å²) in [5.41, 5.74) is 2.06. The third-order valence-electron chi connectivity index (χ3n) is 9.89. The van der Waals surface area contributed by atoms with Gasteiger partial charge in [0.1, 0.15) is 17.7 Å². The van der Waals surface area contributed by atoms with Crippen molar-refractivity contribution in [2.75, 3.05) is 24.6 Å². The molecule has 3 aliphatic heterocycles. The van der Waals surface area contributed by atoms with Crippen LogP contribution in [0.25, 0.3) is 0 Å². The van der Waals surface area contributed by atoms with Crippen LogP contribution in [0.2, 0.25) is 0 Å². The number of rotatable bonds is 15. The maximum atomic E-state index is 14.7. The summed E-state index contributed by atoms with van der Waals surface area (Å²) < 4.78 is 12.8. The van der Waals surface area contributed by atoms with Crippen LogP contribution in [0.1, 0.15) is 61.8 Å². The fourth-order valence-corrected chi connectivity index (χ4v) is 7.72. The summed E-state index contributed by atoms with van der Waals surface area (Å²) in [6, 6.07) is 13.5. The Hall–Kier alpha value is -4.28. The van der Waals surface area contributed by atoms with Gasteiger partial charge in [-0.2, -0.15) is 0 Å². The fourth-order valence-electron chi connectivity index (χ4n) is 7.72. The highest BCUT2D eigenvalue weighted by atomic mass is 16.6. The number of ether oxygens (including phenoxy) is 2. The number of benzene rings is 2. The Morgan fingerprint density at radius 2 is 1.92 bits per heavy atom. The van der Waals surface area contributed by atoms with Gasteiger partial charge in [-0.1, -0.05) is 54.6 Å². The second-order valence-electron chi connectivity index (χ2n) is 13.1. The third kappa shape index (κ3) is 6.56. The number of nitrogens with one attached hydrogen (secondary N) is 1. The van der Waals surface area contributed by atoms with Crippen molar-refractivity contribution < 1.29 is 33.8 Å². The Balaban J connectivity index is 1.48. The summed E-state index contributed by atoms with van der Waals surface area (Å²) in [6.07, 6.45) is 3.83. The molecule has 1 spiro atoms. The molecule has 3 aliphatic rings. The Morgan fingerprint density at radius 3 is 2.60 bits per heavy atom. The molecule has 10 nitrogen and oxygen atoms in total. The van der Waals surface area contributed by atoms with E-state index in [0.29, 0.717) is 30.5 Å². The highest BCUT2D eigenvalue weighted by Crippen LogP contribution is 2.59. The first-order valence-electron chi connectivity index (χ1n) is 16.8. The van der Waals surface area contributed by atoms with Gasteiger partial charge in [-0.15, -0.1) is 13.2 Å². The van der Waals surface area contributed by atoms with Gasteiger partial charge in [-0.3, -0.25) is 19.2 Å². The monoisotopic (exact) mass is 657 g/mol. The predicted molar refractivity (Wildman–Crippen MR) is 182 cm³/mol. The first-order chi connectivity index (χ1) is 23.1. The zero-order valence-corrected chi connectivity index (χ0v) is 28.1. The van der Waals surface area contributed by atoms with Crippen LogP contribution in [0.4, 0.5) is 5.69 Å². The lowest BCUT2D eigenvalue weighted by Gasteiger charge is -2.37. The first-order valence-corrected chi connectivity index (χ1v) is 16.8. The summed E-state index contributed by atoms with van der Waals surface area (Å²) in [5, 5.41) is 12.7. The Labute approximate surface area is 282 Å². The van der Waals surface area contributed by atoms with Gasteiger partial charge in [0.25, 0.3) is 5.91 Å². The SMILES string of the molecule is C=CCCC(=O)N[C@@H](C)[C@H](OC(=O)[C@@H]1[C@@H]2CC[C@]3(O2)[C@H](C(=O)N(CC=C)c2cc(C)ccc2C)N(CCCO)C(=O)[C@@H]13)c1ccccc1. The molecule has 2 aromatic carbocycles. The average Bonchev–Trinajstić information content (AvgIpc) is 3.72. The Kier molecular flexibility index (Phi) is 10.9. The number of nitrogens with zero attached hydrogens (tertiary/aromatic N) is 2. The van der Waals surface area contributed by atoms with Gasteiger partial charge in [0.05, 0.1) is 24.0 Å². The minimum absolute atomic E-state index is 0.134. The van der Waals surface area contributed by atoms with Crippen LogP contribution >= 0.6 is 0 Å². The van der Waals surface area contributed by atoms with E-state index in [0.717, 1.165) is 11.1 Å². The summed E-state index contributed by atoms with van der Waals surface area (Å²) in [5.74, 6) is -3.34. The van der Waals surface area contributed by atoms with E-state index in [1.165, 1.54) is 4.90 Å². The first kappa shape index (κ1) is 35.0. The number of esters is 1. The highest BCUT2D eigenvalue weighted by Gasteiger charge is 2.75. The van der Waals surface area contributed by atoms with Crippen LogP contribution in [0.3, 0.4) is 0 Å². The molecular formula is C38H47N3O7.